The molecule has 0 spiro atoms. The molecule has 4 aromatic rings. The molecule has 0 aliphatic rings. The van der Waals surface area contributed by atoms with Gasteiger partial charge in [-0.3, -0.25) is 0 Å². The summed E-state index contributed by atoms with van der Waals surface area (Å²) >= 11 is 1.72. The van der Waals surface area contributed by atoms with Crippen molar-refractivity contribution >= 4 is 45.9 Å². The van der Waals surface area contributed by atoms with Gasteiger partial charge in [-0.05, 0) is 23.3 Å². The molecule has 25 heavy (non-hydrogen) atoms. The van der Waals surface area contributed by atoms with Gasteiger partial charge in [0.1, 0.15) is 5.01 Å². The second kappa shape index (κ2) is 7.29. The van der Waals surface area contributed by atoms with Crippen molar-refractivity contribution in [2.75, 3.05) is 0 Å². The maximum absolute atomic E-state index is 4.82. The summed E-state index contributed by atoms with van der Waals surface area (Å²) < 4.78 is 1.21. The van der Waals surface area contributed by atoms with Crippen molar-refractivity contribution in [3.05, 3.63) is 101 Å². The SMILES string of the molecule is C(=Cc1nc2c(C=Cc3ccccc3)cccc2s1)c1ccccc1. The highest BCUT2D eigenvalue weighted by Gasteiger charge is 2.04. The Labute approximate surface area is 151 Å². The van der Waals surface area contributed by atoms with Gasteiger partial charge >= 0.3 is 0 Å². The molecule has 0 atom stereocenters. The number of rotatable bonds is 4. The van der Waals surface area contributed by atoms with Crippen LogP contribution in [0.15, 0.2) is 78.9 Å². The Hall–Kier alpha value is -2.97. The van der Waals surface area contributed by atoms with Gasteiger partial charge in [0, 0.05) is 5.56 Å². The molecule has 0 bridgehead atoms. The summed E-state index contributed by atoms with van der Waals surface area (Å²) in [5.74, 6) is 0. The summed E-state index contributed by atoms with van der Waals surface area (Å²) in [5, 5.41) is 1.03. The van der Waals surface area contributed by atoms with Crippen LogP contribution in [0.25, 0.3) is 34.5 Å². The van der Waals surface area contributed by atoms with E-state index >= 15 is 0 Å². The van der Waals surface area contributed by atoms with Gasteiger partial charge in [-0.15, -0.1) is 11.3 Å². The molecule has 0 saturated heterocycles. The minimum absolute atomic E-state index is 1.03. The standard InChI is InChI=1S/C23H17NS/c1-3-8-18(9-4-1)14-16-20-12-7-13-21-23(20)24-22(25-21)17-15-19-10-5-2-6-11-19/h1-17H. The lowest BCUT2D eigenvalue weighted by atomic mass is 10.1. The number of nitrogens with zero attached hydrogens (tertiary/aromatic N) is 1. The molecule has 0 radical (unpaired) electrons. The number of hydrogen-bond acceptors (Lipinski definition) is 2. The van der Waals surface area contributed by atoms with Gasteiger partial charge < -0.3 is 0 Å². The summed E-state index contributed by atoms with van der Waals surface area (Å²) in [6.45, 7) is 0. The van der Waals surface area contributed by atoms with Crippen molar-refractivity contribution in [1.82, 2.24) is 4.98 Å². The smallest absolute Gasteiger partial charge is 0.117 e. The summed E-state index contributed by atoms with van der Waals surface area (Å²) in [7, 11) is 0. The van der Waals surface area contributed by atoms with Crippen molar-refractivity contribution in [2.24, 2.45) is 0 Å². The molecule has 1 aromatic heterocycles. The number of benzene rings is 3. The van der Waals surface area contributed by atoms with E-state index in [0.717, 1.165) is 16.1 Å². The third-order valence-corrected chi connectivity index (χ3v) is 4.93. The molecule has 0 aliphatic heterocycles. The molecular formula is C23H17NS. The molecule has 4 rings (SSSR count). The average molecular weight is 339 g/mol. The van der Waals surface area contributed by atoms with Crippen LogP contribution in [0.4, 0.5) is 0 Å². The number of aromatic nitrogens is 1. The van der Waals surface area contributed by atoms with Gasteiger partial charge in [0.2, 0.25) is 0 Å². The first-order valence-corrected chi connectivity index (χ1v) is 9.06. The van der Waals surface area contributed by atoms with Crippen LogP contribution in [0.5, 0.6) is 0 Å². The third-order valence-electron chi connectivity index (χ3n) is 3.94. The van der Waals surface area contributed by atoms with E-state index in [1.165, 1.54) is 15.8 Å². The summed E-state index contributed by atoms with van der Waals surface area (Å²) in [6.07, 6.45) is 8.47. The highest BCUT2D eigenvalue weighted by atomic mass is 32.1. The monoisotopic (exact) mass is 339 g/mol. The van der Waals surface area contributed by atoms with Crippen LogP contribution in [0.1, 0.15) is 21.7 Å². The van der Waals surface area contributed by atoms with E-state index in [2.05, 4.69) is 78.9 Å². The lowest BCUT2D eigenvalue weighted by Gasteiger charge is -1.95. The number of hydrogen-bond donors (Lipinski definition) is 0. The van der Waals surface area contributed by atoms with E-state index < -0.39 is 0 Å². The largest absolute Gasteiger partial charge is 0.236 e. The fraction of sp³-hybridized carbons (Fsp3) is 0. The van der Waals surface area contributed by atoms with Crippen LogP contribution in [-0.4, -0.2) is 4.98 Å². The Morgan fingerprint density at radius 1 is 0.600 bits per heavy atom. The van der Waals surface area contributed by atoms with E-state index in [0.29, 0.717) is 0 Å². The van der Waals surface area contributed by atoms with Gasteiger partial charge in [-0.1, -0.05) is 91.0 Å². The zero-order valence-corrected chi connectivity index (χ0v) is 14.5. The van der Waals surface area contributed by atoms with E-state index in [1.807, 2.05) is 24.3 Å². The Morgan fingerprint density at radius 2 is 1.24 bits per heavy atom. The molecule has 2 heteroatoms. The third kappa shape index (κ3) is 3.76. The van der Waals surface area contributed by atoms with Gasteiger partial charge in [0.05, 0.1) is 10.2 Å². The quantitative estimate of drug-likeness (QED) is 0.380. The molecule has 0 unspecified atom stereocenters. The molecular weight excluding hydrogens is 322 g/mol. The van der Waals surface area contributed by atoms with Gasteiger partial charge in [-0.25, -0.2) is 4.98 Å². The van der Waals surface area contributed by atoms with Crippen molar-refractivity contribution in [1.29, 1.82) is 0 Å². The number of thiazole rings is 1. The minimum atomic E-state index is 1.03. The maximum Gasteiger partial charge on any atom is 0.117 e. The van der Waals surface area contributed by atoms with Crippen LogP contribution in [-0.2, 0) is 0 Å². The van der Waals surface area contributed by atoms with Crippen LogP contribution in [0, 0.1) is 0 Å². The summed E-state index contributed by atoms with van der Waals surface area (Å²) in [6, 6.07) is 27.0. The highest BCUT2D eigenvalue weighted by Crippen LogP contribution is 2.27. The summed E-state index contributed by atoms with van der Waals surface area (Å²) in [4.78, 5) is 4.82. The molecule has 1 heterocycles. The highest BCUT2D eigenvalue weighted by molar-refractivity contribution is 7.19. The number of para-hydroxylation sites is 1. The summed E-state index contributed by atoms with van der Waals surface area (Å²) in [5.41, 5.74) is 4.59. The van der Waals surface area contributed by atoms with Gasteiger partial charge in [0.15, 0.2) is 0 Å². The molecule has 0 N–H and O–H groups in total. The molecule has 1 nitrogen and oxygen atoms in total. The normalized spacial score (nSPS) is 11.7. The zero-order chi connectivity index (χ0) is 16.9. The fourth-order valence-electron chi connectivity index (χ4n) is 2.67. The van der Waals surface area contributed by atoms with Crippen LogP contribution >= 0.6 is 11.3 Å². The fourth-order valence-corrected chi connectivity index (χ4v) is 3.58. The first-order valence-electron chi connectivity index (χ1n) is 8.24. The van der Waals surface area contributed by atoms with E-state index in [1.54, 1.807) is 11.3 Å². The Balaban J connectivity index is 1.65. The molecule has 3 aromatic carbocycles. The zero-order valence-electron chi connectivity index (χ0n) is 13.7. The van der Waals surface area contributed by atoms with Gasteiger partial charge in [-0.2, -0.15) is 0 Å². The Morgan fingerprint density at radius 3 is 1.92 bits per heavy atom. The predicted octanol–water partition coefficient (Wildman–Crippen LogP) is 6.64. The topological polar surface area (TPSA) is 12.9 Å². The first kappa shape index (κ1) is 15.6. The lowest BCUT2D eigenvalue weighted by Crippen LogP contribution is -1.77. The van der Waals surface area contributed by atoms with Gasteiger partial charge in [0.25, 0.3) is 0 Å². The molecule has 0 aliphatic carbocycles. The van der Waals surface area contributed by atoms with Crippen molar-refractivity contribution in [3.63, 3.8) is 0 Å². The van der Waals surface area contributed by atoms with Crippen LogP contribution < -0.4 is 0 Å². The Kier molecular flexibility index (Phi) is 4.53. The first-order chi connectivity index (χ1) is 12.4. The van der Waals surface area contributed by atoms with Crippen LogP contribution in [0.2, 0.25) is 0 Å². The molecule has 0 amide bonds. The van der Waals surface area contributed by atoms with Crippen LogP contribution in [0.3, 0.4) is 0 Å². The Bertz CT molecular complexity index is 1030. The lowest BCUT2D eigenvalue weighted by molar-refractivity contribution is 1.46. The van der Waals surface area contributed by atoms with E-state index in [4.69, 9.17) is 4.98 Å². The molecule has 0 fully saturated rings. The molecule has 0 saturated carbocycles. The second-order valence-corrected chi connectivity index (χ2v) is 6.80. The maximum atomic E-state index is 4.82. The van der Waals surface area contributed by atoms with Crippen molar-refractivity contribution in [2.45, 2.75) is 0 Å². The molecule has 120 valence electrons. The second-order valence-electron chi connectivity index (χ2n) is 5.73. The van der Waals surface area contributed by atoms with Crippen molar-refractivity contribution in [3.8, 4) is 0 Å². The number of fused-ring (bicyclic) bond motifs is 1. The predicted molar refractivity (Wildman–Crippen MR) is 110 cm³/mol. The minimum Gasteiger partial charge on any atom is -0.236 e. The van der Waals surface area contributed by atoms with E-state index in [9.17, 15) is 0 Å². The van der Waals surface area contributed by atoms with E-state index in [-0.39, 0.29) is 0 Å². The van der Waals surface area contributed by atoms with Crippen molar-refractivity contribution < 1.29 is 0 Å². The average Bonchev–Trinajstić information content (AvgIpc) is 3.10.